The van der Waals surface area contributed by atoms with E-state index in [4.69, 9.17) is 9.47 Å². The highest BCUT2D eigenvalue weighted by Crippen LogP contribution is 2.30. The Morgan fingerprint density at radius 1 is 1.35 bits per heavy atom. The number of nitrogens with zero attached hydrogens (tertiary/aromatic N) is 1. The lowest BCUT2D eigenvalue weighted by Crippen LogP contribution is -2.21. The summed E-state index contributed by atoms with van der Waals surface area (Å²) in [5, 5.41) is 9.52. The molecule has 1 aromatic rings. The normalized spacial score (nSPS) is 11.8. The molecule has 0 bridgehead atoms. The van der Waals surface area contributed by atoms with Gasteiger partial charge in [0.05, 0.1) is 19.8 Å². The van der Waals surface area contributed by atoms with Crippen molar-refractivity contribution in [3.63, 3.8) is 0 Å². The number of ether oxygens (including phenoxy) is 2. The Bertz CT molecular complexity index is 443. The average Bonchev–Trinajstić information content (AvgIpc) is 2.42. The Morgan fingerprint density at radius 3 is 2.60 bits per heavy atom. The predicted molar refractivity (Wildman–Crippen MR) is 77.1 cm³/mol. The van der Waals surface area contributed by atoms with Crippen molar-refractivity contribution in [2.24, 2.45) is 0 Å². The maximum absolute atomic E-state index is 11.4. The van der Waals surface area contributed by atoms with E-state index in [1.165, 1.54) is 0 Å². The Morgan fingerprint density at radius 2 is 2.05 bits per heavy atom. The Labute approximate surface area is 120 Å². The third kappa shape index (κ3) is 4.74. The van der Waals surface area contributed by atoms with E-state index in [0.717, 1.165) is 5.56 Å². The fourth-order valence-corrected chi connectivity index (χ4v) is 1.69. The van der Waals surface area contributed by atoms with Crippen molar-refractivity contribution in [2.75, 3.05) is 27.8 Å². The smallest absolute Gasteiger partial charge is 0.222 e. The number of rotatable bonds is 7. The highest BCUT2D eigenvalue weighted by molar-refractivity contribution is 5.75. The first-order chi connectivity index (χ1) is 9.45. The molecule has 0 aliphatic heterocycles. The van der Waals surface area contributed by atoms with E-state index in [9.17, 15) is 9.90 Å². The second kappa shape index (κ2) is 7.75. The average molecular weight is 281 g/mol. The molecule has 0 saturated carbocycles. The standard InChI is InChI=1S/C15H23NO4/c1-11(17)12-7-8-13(14(10-12)19-4)20-9-5-6-15(18)16(2)3/h7-8,10-11,17H,5-6,9H2,1-4H3/t11-/m1/s1. The lowest BCUT2D eigenvalue weighted by atomic mass is 10.1. The van der Waals surface area contributed by atoms with Gasteiger partial charge in [-0.05, 0) is 31.0 Å². The van der Waals surface area contributed by atoms with Crippen LogP contribution in [0.4, 0.5) is 0 Å². The summed E-state index contributed by atoms with van der Waals surface area (Å²) in [6.07, 6.45) is 0.565. The lowest BCUT2D eigenvalue weighted by Gasteiger charge is -2.14. The van der Waals surface area contributed by atoms with E-state index in [1.807, 2.05) is 0 Å². The second-order valence-electron chi connectivity index (χ2n) is 4.83. The van der Waals surface area contributed by atoms with Gasteiger partial charge in [-0.2, -0.15) is 0 Å². The number of aliphatic hydroxyl groups is 1. The first-order valence-electron chi connectivity index (χ1n) is 6.64. The maximum atomic E-state index is 11.4. The molecule has 0 unspecified atom stereocenters. The topological polar surface area (TPSA) is 59.0 Å². The molecule has 0 fully saturated rings. The number of hydrogen-bond acceptors (Lipinski definition) is 4. The van der Waals surface area contributed by atoms with Crippen LogP contribution in [0.5, 0.6) is 11.5 Å². The van der Waals surface area contributed by atoms with E-state index in [2.05, 4.69) is 0 Å². The highest BCUT2D eigenvalue weighted by Gasteiger charge is 2.09. The van der Waals surface area contributed by atoms with Crippen LogP contribution in [0.1, 0.15) is 31.4 Å². The number of aliphatic hydroxyl groups excluding tert-OH is 1. The third-order valence-electron chi connectivity index (χ3n) is 2.96. The highest BCUT2D eigenvalue weighted by atomic mass is 16.5. The summed E-state index contributed by atoms with van der Waals surface area (Å²) < 4.78 is 10.9. The van der Waals surface area contributed by atoms with Crippen LogP contribution in [0.15, 0.2) is 18.2 Å². The van der Waals surface area contributed by atoms with Gasteiger partial charge in [0.1, 0.15) is 0 Å². The molecular weight excluding hydrogens is 258 g/mol. The van der Waals surface area contributed by atoms with Gasteiger partial charge in [-0.15, -0.1) is 0 Å². The number of benzene rings is 1. The zero-order valence-corrected chi connectivity index (χ0v) is 12.5. The number of amides is 1. The van der Waals surface area contributed by atoms with Crippen molar-refractivity contribution in [2.45, 2.75) is 25.9 Å². The van der Waals surface area contributed by atoms with E-state index < -0.39 is 6.10 Å². The molecule has 0 heterocycles. The largest absolute Gasteiger partial charge is 0.493 e. The number of carbonyl (C=O) groups excluding carboxylic acids is 1. The van der Waals surface area contributed by atoms with Crippen molar-refractivity contribution in [3.05, 3.63) is 23.8 Å². The van der Waals surface area contributed by atoms with Crippen LogP contribution < -0.4 is 9.47 Å². The number of hydrogen-bond donors (Lipinski definition) is 1. The molecule has 0 spiro atoms. The van der Waals surface area contributed by atoms with Crippen LogP contribution in [0.2, 0.25) is 0 Å². The van der Waals surface area contributed by atoms with E-state index in [-0.39, 0.29) is 5.91 Å². The van der Waals surface area contributed by atoms with Gasteiger partial charge in [-0.3, -0.25) is 4.79 Å². The van der Waals surface area contributed by atoms with E-state index >= 15 is 0 Å². The molecule has 20 heavy (non-hydrogen) atoms. The molecule has 0 aromatic heterocycles. The van der Waals surface area contributed by atoms with Gasteiger partial charge < -0.3 is 19.5 Å². The molecule has 112 valence electrons. The molecule has 5 nitrogen and oxygen atoms in total. The quantitative estimate of drug-likeness (QED) is 0.777. The van der Waals surface area contributed by atoms with Crippen molar-refractivity contribution >= 4 is 5.91 Å². The molecule has 5 heteroatoms. The zero-order chi connectivity index (χ0) is 15.1. The van der Waals surface area contributed by atoms with Crippen LogP contribution in [0.3, 0.4) is 0 Å². The minimum Gasteiger partial charge on any atom is -0.493 e. The first kappa shape index (κ1) is 16.3. The summed E-state index contributed by atoms with van der Waals surface area (Å²) in [7, 11) is 5.03. The van der Waals surface area contributed by atoms with Crippen molar-refractivity contribution in [1.82, 2.24) is 4.90 Å². The van der Waals surface area contributed by atoms with Crippen molar-refractivity contribution in [3.8, 4) is 11.5 Å². The minimum atomic E-state index is -0.546. The number of carbonyl (C=O) groups is 1. The monoisotopic (exact) mass is 281 g/mol. The van der Waals surface area contributed by atoms with Gasteiger partial charge >= 0.3 is 0 Å². The Balaban J connectivity index is 2.53. The Kier molecular flexibility index (Phi) is 6.31. The second-order valence-corrected chi connectivity index (χ2v) is 4.83. The van der Waals surface area contributed by atoms with E-state index in [1.54, 1.807) is 51.2 Å². The molecule has 1 rings (SSSR count). The van der Waals surface area contributed by atoms with Crippen LogP contribution in [0, 0.1) is 0 Å². The first-order valence-corrected chi connectivity index (χ1v) is 6.64. The van der Waals surface area contributed by atoms with Crippen LogP contribution >= 0.6 is 0 Å². The molecule has 0 saturated heterocycles. The van der Waals surface area contributed by atoms with Gasteiger partial charge in [-0.1, -0.05) is 6.07 Å². The van der Waals surface area contributed by atoms with Gasteiger partial charge in [-0.25, -0.2) is 0 Å². The molecule has 0 aliphatic carbocycles. The summed E-state index contributed by atoms with van der Waals surface area (Å²) in [5.74, 6) is 1.29. The lowest BCUT2D eigenvalue weighted by molar-refractivity contribution is -0.128. The summed E-state index contributed by atoms with van der Waals surface area (Å²) in [6, 6.07) is 5.33. The number of methoxy groups -OCH3 is 1. The fraction of sp³-hybridized carbons (Fsp3) is 0.533. The van der Waals surface area contributed by atoms with Crippen molar-refractivity contribution < 1.29 is 19.4 Å². The SMILES string of the molecule is COc1cc([C@@H](C)O)ccc1OCCCC(=O)N(C)C. The van der Waals surface area contributed by atoms with E-state index in [0.29, 0.717) is 30.9 Å². The summed E-state index contributed by atoms with van der Waals surface area (Å²) >= 11 is 0. The van der Waals surface area contributed by atoms with Crippen molar-refractivity contribution in [1.29, 1.82) is 0 Å². The maximum Gasteiger partial charge on any atom is 0.222 e. The fourth-order valence-electron chi connectivity index (χ4n) is 1.69. The zero-order valence-electron chi connectivity index (χ0n) is 12.5. The molecular formula is C15H23NO4. The van der Waals surface area contributed by atoms with Gasteiger partial charge in [0.2, 0.25) is 5.91 Å². The molecule has 0 radical (unpaired) electrons. The molecule has 1 aromatic carbocycles. The molecule has 1 N–H and O–H groups in total. The minimum absolute atomic E-state index is 0.0880. The summed E-state index contributed by atoms with van der Waals surface area (Å²) in [5.41, 5.74) is 0.775. The van der Waals surface area contributed by atoms with Gasteiger partial charge in [0.25, 0.3) is 0 Å². The molecule has 1 amide bonds. The molecule has 0 aliphatic rings. The van der Waals surface area contributed by atoms with Gasteiger partial charge in [0, 0.05) is 20.5 Å². The van der Waals surface area contributed by atoms with Gasteiger partial charge in [0.15, 0.2) is 11.5 Å². The summed E-state index contributed by atoms with van der Waals surface area (Å²) in [6.45, 7) is 2.14. The van der Waals surface area contributed by atoms with Crippen LogP contribution in [-0.2, 0) is 4.79 Å². The van der Waals surface area contributed by atoms with Crippen LogP contribution in [-0.4, -0.2) is 43.7 Å². The summed E-state index contributed by atoms with van der Waals surface area (Å²) in [4.78, 5) is 13.0. The Hall–Kier alpha value is -1.75. The predicted octanol–water partition coefficient (Wildman–Crippen LogP) is 2.00. The third-order valence-corrected chi connectivity index (χ3v) is 2.96. The molecule has 1 atom stereocenters. The van der Waals surface area contributed by atoms with Crippen LogP contribution in [0.25, 0.3) is 0 Å².